The number of carbonyl (C=O) groups is 2. The van der Waals surface area contributed by atoms with Crippen LogP contribution in [0.1, 0.15) is 54.0 Å². The lowest BCUT2D eigenvalue weighted by atomic mass is 9.98. The molecule has 0 bridgehead atoms. The highest BCUT2D eigenvalue weighted by Crippen LogP contribution is 2.38. The second kappa shape index (κ2) is 8.22. The molecule has 6 nitrogen and oxygen atoms in total. The van der Waals surface area contributed by atoms with Gasteiger partial charge in [0.2, 0.25) is 0 Å². The molecule has 0 aliphatic carbocycles. The predicted molar refractivity (Wildman–Crippen MR) is 102 cm³/mol. The fourth-order valence-corrected chi connectivity index (χ4v) is 3.88. The molecule has 0 amide bonds. The fourth-order valence-electron chi connectivity index (χ4n) is 2.44. The van der Waals surface area contributed by atoms with Crippen molar-refractivity contribution in [1.82, 2.24) is 0 Å². The number of hydrogen-bond donors (Lipinski definition) is 1. The Hall–Kier alpha value is -1.86. The third kappa shape index (κ3) is 4.85. The second-order valence-electron chi connectivity index (χ2n) is 7.87. The molecule has 1 N–H and O–H groups in total. The van der Waals surface area contributed by atoms with Crippen molar-refractivity contribution < 1.29 is 28.6 Å². The maximum Gasteiger partial charge on any atom is 0.341 e. The lowest BCUT2D eigenvalue weighted by Gasteiger charge is -2.38. The van der Waals surface area contributed by atoms with Crippen molar-refractivity contribution in [3.63, 3.8) is 0 Å². The van der Waals surface area contributed by atoms with Gasteiger partial charge in [-0.3, -0.25) is 0 Å². The van der Waals surface area contributed by atoms with Crippen LogP contribution in [0, 0.1) is 0 Å². The number of ether oxygens (including phenoxy) is 2. The van der Waals surface area contributed by atoms with Crippen molar-refractivity contribution in [3.05, 3.63) is 28.8 Å². The van der Waals surface area contributed by atoms with Gasteiger partial charge in [0.1, 0.15) is 16.9 Å². The molecule has 0 saturated carbocycles. The van der Waals surface area contributed by atoms with Crippen molar-refractivity contribution >= 4 is 20.3 Å². The number of esters is 2. The minimum Gasteiger partial charge on any atom is -0.506 e. The summed E-state index contributed by atoms with van der Waals surface area (Å²) in [5.74, 6) is -1.85. The van der Waals surface area contributed by atoms with Gasteiger partial charge in [-0.25, -0.2) is 9.59 Å². The number of hydrogen-bond acceptors (Lipinski definition) is 6. The van der Waals surface area contributed by atoms with Crippen molar-refractivity contribution in [3.8, 4) is 5.75 Å². The van der Waals surface area contributed by atoms with Gasteiger partial charge in [-0.2, -0.15) is 0 Å². The lowest BCUT2D eigenvalue weighted by Crippen LogP contribution is -2.43. The molecule has 0 aliphatic heterocycles. The van der Waals surface area contributed by atoms with Gasteiger partial charge in [0.25, 0.3) is 0 Å². The summed E-state index contributed by atoms with van der Waals surface area (Å²) in [5, 5.41) is 10.5. The molecule has 0 saturated heterocycles. The van der Waals surface area contributed by atoms with Crippen LogP contribution in [0.4, 0.5) is 0 Å². The molecule has 7 heteroatoms. The maximum atomic E-state index is 12.2. The smallest absolute Gasteiger partial charge is 0.341 e. The van der Waals surface area contributed by atoms with E-state index in [0.29, 0.717) is 12.0 Å². The van der Waals surface area contributed by atoms with E-state index in [2.05, 4.69) is 38.6 Å². The molecular weight excluding hydrogens is 352 g/mol. The van der Waals surface area contributed by atoms with E-state index < -0.39 is 26.0 Å². The van der Waals surface area contributed by atoms with E-state index in [1.807, 2.05) is 6.92 Å². The standard InChI is InChI=1S/C19H30O6Si/c1-12(25-26(7,8)19(2,3)4)11-13-9-10-14(17(21)23-5)16(20)15(13)18(22)24-6/h9-10,12,20H,11H2,1-8H3. The number of aromatic hydroxyl groups is 1. The Morgan fingerprint density at radius 1 is 1.12 bits per heavy atom. The van der Waals surface area contributed by atoms with Gasteiger partial charge in [-0.1, -0.05) is 26.8 Å². The molecule has 0 spiro atoms. The Bertz CT molecular complexity index is 675. The Morgan fingerprint density at radius 3 is 2.12 bits per heavy atom. The summed E-state index contributed by atoms with van der Waals surface area (Å²) in [4.78, 5) is 24.0. The summed E-state index contributed by atoms with van der Waals surface area (Å²) in [6.07, 6.45) is 0.244. The molecule has 1 rings (SSSR count). The van der Waals surface area contributed by atoms with Gasteiger partial charge in [-0.15, -0.1) is 0 Å². The molecule has 1 aromatic carbocycles. The van der Waals surface area contributed by atoms with Gasteiger partial charge in [0.05, 0.1) is 14.2 Å². The molecule has 0 fully saturated rings. The van der Waals surface area contributed by atoms with Crippen LogP contribution in [0.2, 0.25) is 18.1 Å². The quantitative estimate of drug-likeness (QED) is 0.593. The van der Waals surface area contributed by atoms with Crippen LogP contribution in [0.25, 0.3) is 0 Å². The molecule has 26 heavy (non-hydrogen) atoms. The number of rotatable bonds is 6. The summed E-state index contributed by atoms with van der Waals surface area (Å²) in [5.41, 5.74) is 0.462. The molecular formula is C19H30O6Si. The zero-order chi connectivity index (χ0) is 20.3. The normalized spacial score (nSPS) is 13.2. The highest BCUT2D eigenvalue weighted by Gasteiger charge is 2.38. The second-order valence-corrected chi connectivity index (χ2v) is 12.6. The molecule has 0 radical (unpaired) electrons. The Kier molecular flexibility index (Phi) is 7.01. The minimum atomic E-state index is -1.98. The van der Waals surface area contributed by atoms with Crippen molar-refractivity contribution in [1.29, 1.82) is 0 Å². The van der Waals surface area contributed by atoms with E-state index in [0.717, 1.165) is 0 Å². The first-order chi connectivity index (χ1) is 11.9. The first kappa shape index (κ1) is 22.2. The molecule has 0 heterocycles. The monoisotopic (exact) mass is 382 g/mol. The van der Waals surface area contributed by atoms with Crippen LogP contribution in [0.5, 0.6) is 5.75 Å². The van der Waals surface area contributed by atoms with E-state index in [1.165, 1.54) is 20.3 Å². The summed E-state index contributed by atoms with van der Waals surface area (Å²) in [6, 6.07) is 3.08. The van der Waals surface area contributed by atoms with E-state index >= 15 is 0 Å². The van der Waals surface area contributed by atoms with Gasteiger partial charge >= 0.3 is 11.9 Å². The zero-order valence-corrected chi connectivity index (χ0v) is 17.9. The molecule has 1 unspecified atom stereocenters. The maximum absolute atomic E-state index is 12.2. The third-order valence-corrected chi connectivity index (χ3v) is 9.47. The summed E-state index contributed by atoms with van der Waals surface area (Å²) in [7, 11) is 0.463. The van der Waals surface area contributed by atoms with Crippen LogP contribution in [-0.4, -0.2) is 45.7 Å². The topological polar surface area (TPSA) is 82.1 Å². The van der Waals surface area contributed by atoms with Crippen LogP contribution in [-0.2, 0) is 20.3 Å². The van der Waals surface area contributed by atoms with Gasteiger partial charge in [-0.05, 0) is 43.1 Å². The number of phenols is 1. The summed E-state index contributed by atoms with van der Waals surface area (Å²) < 4.78 is 15.7. The highest BCUT2D eigenvalue weighted by molar-refractivity contribution is 6.74. The molecule has 1 atom stereocenters. The third-order valence-electron chi connectivity index (χ3n) is 4.87. The SMILES string of the molecule is COC(=O)c1ccc(CC(C)O[Si](C)(C)C(C)(C)C)c(C(=O)OC)c1O. The van der Waals surface area contributed by atoms with E-state index in [9.17, 15) is 14.7 Å². The first-order valence-electron chi connectivity index (χ1n) is 8.55. The van der Waals surface area contributed by atoms with Gasteiger partial charge in [0, 0.05) is 6.10 Å². The Morgan fingerprint density at radius 2 is 1.65 bits per heavy atom. The van der Waals surface area contributed by atoms with Crippen molar-refractivity contribution in [2.24, 2.45) is 0 Å². The average molecular weight is 383 g/mol. The molecule has 146 valence electrons. The Balaban J connectivity index is 3.22. The van der Waals surface area contributed by atoms with Gasteiger partial charge < -0.3 is 19.0 Å². The lowest BCUT2D eigenvalue weighted by molar-refractivity contribution is 0.0591. The van der Waals surface area contributed by atoms with Crippen LogP contribution in [0.15, 0.2) is 12.1 Å². The molecule has 0 aliphatic rings. The summed E-state index contributed by atoms with van der Waals surface area (Å²) in [6.45, 7) is 12.7. The summed E-state index contributed by atoms with van der Waals surface area (Å²) >= 11 is 0. The minimum absolute atomic E-state index is 0.0268. The number of benzene rings is 1. The van der Waals surface area contributed by atoms with E-state index in [-0.39, 0.29) is 22.3 Å². The highest BCUT2D eigenvalue weighted by atomic mass is 28.4. The molecule has 0 aromatic heterocycles. The first-order valence-corrected chi connectivity index (χ1v) is 11.5. The van der Waals surface area contributed by atoms with E-state index in [4.69, 9.17) is 9.16 Å². The van der Waals surface area contributed by atoms with Crippen LogP contribution in [0.3, 0.4) is 0 Å². The Labute approximate surface area is 156 Å². The molecule has 1 aromatic rings. The van der Waals surface area contributed by atoms with Gasteiger partial charge in [0.15, 0.2) is 8.32 Å². The number of phenolic OH excluding ortho intramolecular Hbond substituents is 1. The number of carbonyl (C=O) groups excluding carboxylic acids is 2. The largest absolute Gasteiger partial charge is 0.506 e. The van der Waals surface area contributed by atoms with E-state index in [1.54, 1.807) is 6.07 Å². The van der Waals surface area contributed by atoms with Crippen LogP contribution < -0.4 is 0 Å². The predicted octanol–water partition coefficient (Wildman–Crippen LogP) is 3.92. The fraction of sp³-hybridized carbons (Fsp3) is 0.579. The zero-order valence-electron chi connectivity index (χ0n) is 16.9. The van der Waals surface area contributed by atoms with Crippen molar-refractivity contribution in [2.75, 3.05) is 14.2 Å². The number of methoxy groups -OCH3 is 2. The van der Waals surface area contributed by atoms with Crippen LogP contribution >= 0.6 is 0 Å². The van der Waals surface area contributed by atoms with Crippen molar-refractivity contribution in [2.45, 2.75) is 58.4 Å². The average Bonchev–Trinajstić information content (AvgIpc) is 2.52.